The Morgan fingerprint density at radius 3 is 2.29 bits per heavy atom. The lowest BCUT2D eigenvalue weighted by Gasteiger charge is -2.14. The van der Waals surface area contributed by atoms with Crippen molar-refractivity contribution in [3.63, 3.8) is 0 Å². The molecule has 2 aromatic heterocycles. The van der Waals surface area contributed by atoms with E-state index in [-0.39, 0.29) is 24.8 Å². The number of benzene rings is 2. The van der Waals surface area contributed by atoms with Crippen LogP contribution in [0.25, 0.3) is 21.7 Å². The normalized spacial score (nSPS) is 10.2. The average Bonchev–Trinajstić information content (AvgIpc) is 2.69. The van der Waals surface area contributed by atoms with Gasteiger partial charge in [0.15, 0.2) is 11.5 Å². The zero-order valence-electron chi connectivity index (χ0n) is 15.9. The van der Waals surface area contributed by atoms with Crippen molar-refractivity contribution in [2.45, 2.75) is 13.3 Å². The smallest absolute Gasteiger partial charge is 0.161 e. The minimum atomic E-state index is 0. The second-order valence-electron chi connectivity index (χ2n) is 6.33. The first-order valence-electron chi connectivity index (χ1n) is 8.53. The number of hydrogen-bond acceptors (Lipinski definition) is 4. The summed E-state index contributed by atoms with van der Waals surface area (Å²) in [4.78, 5) is 9.16. The van der Waals surface area contributed by atoms with E-state index in [9.17, 15) is 0 Å². The van der Waals surface area contributed by atoms with Crippen LogP contribution in [0.1, 0.15) is 16.8 Å². The van der Waals surface area contributed by atoms with Crippen molar-refractivity contribution >= 4 is 46.5 Å². The molecular weight excluding hydrogens is 395 g/mol. The van der Waals surface area contributed by atoms with E-state index in [1.54, 1.807) is 14.2 Å². The Labute approximate surface area is 176 Å². The number of rotatable bonds is 4. The molecule has 0 fully saturated rings. The van der Waals surface area contributed by atoms with Crippen molar-refractivity contribution in [1.29, 1.82) is 0 Å². The number of ether oxygens (including phenoxy) is 2. The Balaban J connectivity index is 0.00000140. The summed E-state index contributed by atoms with van der Waals surface area (Å²) in [6.07, 6.45) is 4.60. The van der Waals surface area contributed by atoms with Crippen LogP contribution < -0.4 is 9.47 Å². The van der Waals surface area contributed by atoms with E-state index in [1.165, 1.54) is 5.56 Å². The SMILES string of the molecule is COc1cc2cnc(C)c(Cc3cnc4ccccc4c3)c2cc1OC.Cl.Cl. The molecule has 0 saturated heterocycles. The van der Waals surface area contributed by atoms with Crippen LogP contribution in [-0.2, 0) is 6.42 Å². The Kier molecular flexibility index (Phi) is 7.05. The van der Waals surface area contributed by atoms with E-state index in [0.29, 0.717) is 5.75 Å². The van der Waals surface area contributed by atoms with Crippen molar-refractivity contribution in [2.75, 3.05) is 14.2 Å². The number of para-hydroxylation sites is 1. The highest BCUT2D eigenvalue weighted by atomic mass is 35.5. The van der Waals surface area contributed by atoms with Gasteiger partial charge in [-0.25, -0.2) is 0 Å². The molecule has 0 unspecified atom stereocenters. The first-order valence-corrected chi connectivity index (χ1v) is 8.53. The summed E-state index contributed by atoms with van der Waals surface area (Å²) in [5.74, 6) is 1.44. The maximum absolute atomic E-state index is 5.49. The number of aryl methyl sites for hydroxylation is 1. The quantitative estimate of drug-likeness (QED) is 0.437. The lowest BCUT2D eigenvalue weighted by Crippen LogP contribution is -1.99. The molecule has 4 rings (SSSR count). The number of aromatic nitrogens is 2. The van der Waals surface area contributed by atoms with E-state index < -0.39 is 0 Å². The van der Waals surface area contributed by atoms with Crippen LogP contribution in [0.15, 0.2) is 54.9 Å². The maximum atomic E-state index is 5.49. The number of nitrogens with zero attached hydrogens (tertiary/aromatic N) is 2. The van der Waals surface area contributed by atoms with Crippen molar-refractivity contribution in [3.05, 3.63) is 71.7 Å². The third kappa shape index (κ3) is 3.98. The highest BCUT2D eigenvalue weighted by molar-refractivity contribution is 5.89. The van der Waals surface area contributed by atoms with Gasteiger partial charge < -0.3 is 9.47 Å². The summed E-state index contributed by atoms with van der Waals surface area (Å²) in [6, 6.07) is 14.4. The van der Waals surface area contributed by atoms with Crippen molar-refractivity contribution < 1.29 is 9.47 Å². The van der Waals surface area contributed by atoms with Crippen LogP contribution in [0.3, 0.4) is 0 Å². The topological polar surface area (TPSA) is 44.2 Å². The molecule has 0 radical (unpaired) electrons. The molecule has 2 heterocycles. The van der Waals surface area contributed by atoms with Gasteiger partial charge in [-0.15, -0.1) is 24.8 Å². The van der Waals surface area contributed by atoms with Gasteiger partial charge in [-0.2, -0.15) is 0 Å². The summed E-state index contributed by atoms with van der Waals surface area (Å²) in [5, 5.41) is 3.32. The average molecular weight is 417 g/mol. The second kappa shape index (κ2) is 9.09. The fourth-order valence-corrected chi connectivity index (χ4v) is 3.34. The number of hydrogen-bond donors (Lipinski definition) is 0. The largest absolute Gasteiger partial charge is 0.493 e. The molecular formula is C22H22Cl2N2O2. The summed E-state index contributed by atoms with van der Waals surface area (Å²) >= 11 is 0. The molecule has 0 amide bonds. The fraction of sp³-hybridized carbons (Fsp3) is 0.182. The van der Waals surface area contributed by atoms with Crippen LogP contribution in [0, 0.1) is 6.92 Å². The fourth-order valence-electron chi connectivity index (χ4n) is 3.34. The monoisotopic (exact) mass is 416 g/mol. The van der Waals surface area contributed by atoms with Crippen LogP contribution in [-0.4, -0.2) is 24.2 Å². The van der Waals surface area contributed by atoms with Gasteiger partial charge >= 0.3 is 0 Å². The van der Waals surface area contributed by atoms with Crippen LogP contribution >= 0.6 is 24.8 Å². The molecule has 0 N–H and O–H groups in total. The van der Waals surface area contributed by atoms with Gasteiger partial charge in [0, 0.05) is 35.3 Å². The molecule has 4 nitrogen and oxygen atoms in total. The van der Waals surface area contributed by atoms with E-state index in [1.807, 2.05) is 49.6 Å². The molecule has 0 atom stereocenters. The third-order valence-corrected chi connectivity index (χ3v) is 4.74. The first-order chi connectivity index (χ1) is 12.7. The summed E-state index contributed by atoms with van der Waals surface area (Å²) in [5.41, 5.74) is 4.37. The molecule has 0 aliphatic rings. The molecule has 146 valence electrons. The Morgan fingerprint density at radius 2 is 1.54 bits per heavy atom. The molecule has 0 spiro atoms. The van der Waals surface area contributed by atoms with Gasteiger partial charge in [0.25, 0.3) is 0 Å². The van der Waals surface area contributed by atoms with Crippen molar-refractivity contribution in [2.24, 2.45) is 0 Å². The van der Waals surface area contributed by atoms with Crippen LogP contribution in [0.2, 0.25) is 0 Å². The Bertz CT molecular complexity index is 1120. The van der Waals surface area contributed by atoms with Crippen LogP contribution in [0.4, 0.5) is 0 Å². The minimum Gasteiger partial charge on any atom is -0.493 e. The number of methoxy groups -OCH3 is 2. The lowest BCUT2D eigenvalue weighted by molar-refractivity contribution is 0.356. The predicted octanol–water partition coefficient (Wildman–Crippen LogP) is 5.54. The maximum Gasteiger partial charge on any atom is 0.161 e. The Morgan fingerprint density at radius 1 is 0.821 bits per heavy atom. The van der Waals surface area contributed by atoms with E-state index in [0.717, 1.165) is 45.1 Å². The lowest BCUT2D eigenvalue weighted by atomic mass is 9.97. The van der Waals surface area contributed by atoms with Gasteiger partial charge in [0.1, 0.15) is 0 Å². The molecule has 28 heavy (non-hydrogen) atoms. The van der Waals surface area contributed by atoms with Gasteiger partial charge in [-0.1, -0.05) is 18.2 Å². The van der Waals surface area contributed by atoms with Crippen molar-refractivity contribution in [1.82, 2.24) is 9.97 Å². The van der Waals surface area contributed by atoms with Gasteiger partial charge in [0.2, 0.25) is 0 Å². The van der Waals surface area contributed by atoms with Gasteiger partial charge in [0.05, 0.1) is 19.7 Å². The minimum absolute atomic E-state index is 0. The molecule has 2 aromatic carbocycles. The molecule has 0 bridgehead atoms. The zero-order valence-corrected chi connectivity index (χ0v) is 17.6. The highest BCUT2D eigenvalue weighted by Gasteiger charge is 2.12. The molecule has 0 saturated carbocycles. The zero-order chi connectivity index (χ0) is 18.1. The van der Waals surface area contributed by atoms with E-state index in [2.05, 4.69) is 22.1 Å². The van der Waals surface area contributed by atoms with Crippen LogP contribution in [0.5, 0.6) is 11.5 Å². The molecule has 0 aliphatic carbocycles. The third-order valence-electron chi connectivity index (χ3n) is 4.74. The first kappa shape index (κ1) is 21.7. The van der Waals surface area contributed by atoms with Gasteiger partial charge in [-0.3, -0.25) is 9.97 Å². The summed E-state index contributed by atoms with van der Waals surface area (Å²) in [6.45, 7) is 2.04. The molecule has 0 aliphatic heterocycles. The van der Waals surface area contributed by atoms with Gasteiger partial charge in [-0.05, 0) is 47.7 Å². The molecule has 6 heteroatoms. The highest BCUT2D eigenvalue weighted by Crippen LogP contribution is 2.34. The number of fused-ring (bicyclic) bond motifs is 2. The van der Waals surface area contributed by atoms with Crippen molar-refractivity contribution in [3.8, 4) is 11.5 Å². The molecule has 4 aromatic rings. The second-order valence-corrected chi connectivity index (χ2v) is 6.33. The number of halogens is 2. The van der Waals surface area contributed by atoms with E-state index >= 15 is 0 Å². The number of pyridine rings is 2. The summed E-state index contributed by atoms with van der Waals surface area (Å²) in [7, 11) is 3.30. The Hall–Kier alpha value is -2.56. The van der Waals surface area contributed by atoms with E-state index in [4.69, 9.17) is 9.47 Å². The standard InChI is InChI=1S/C22H20N2O2.2ClH/c1-14-18(9-15-8-16-6-4-5-7-20(16)24-12-15)19-11-22(26-3)21(25-2)10-17(19)13-23-14;;/h4-8,10-13H,9H2,1-3H3;2*1H. The summed E-state index contributed by atoms with van der Waals surface area (Å²) < 4.78 is 10.9. The predicted molar refractivity (Wildman–Crippen MR) is 119 cm³/mol.